The lowest BCUT2D eigenvalue weighted by Crippen LogP contribution is -2.39. The first kappa shape index (κ1) is 48.2. The molecule has 2 N–H and O–H groups in total. The fourth-order valence-corrected chi connectivity index (χ4v) is 8.86. The molecule has 4 aromatic rings. The monoisotopic (exact) mass is 883 g/mol. The minimum atomic E-state index is -1.77. The van der Waals surface area contributed by atoms with Crippen molar-refractivity contribution in [2.75, 3.05) is 47.1 Å². The molecule has 5 rings (SSSR count). The molecule has 0 aliphatic carbocycles. The van der Waals surface area contributed by atoms with Crippen molar-refractivity contribution in [2.45, 2.75) is 77.2 Å². The number of ether oxygens (including phenoxy) is 5. The molecule has 334 valence electrons. The summed E-state index contributed by atoms with van der Waals surface area (Å²) in [7, 11) is 1.44. The Labute approximate surface area is 368 Å². The fraction of sp³-hybridized carbons (Fsp3) is 0.413. The van der Waals surface area contributed by atoms with Gasteiger partial charge in [0.1, 0.15) is 41.6 Å². The van der Waals surface area contributed by atoms with E-state index in [1.54, 1.807) is 14.2 Å². The normalized spacial score (nSPS) is 16.6. The molecule has 63 heavy (non-hydrogen) atoms. The lowest BCUT2D eigenvalue weighted by molar-refractivity contribution is -0.146. The second-order valence-electron chi connectivity index (χ2n) is 14.9. The summed E-state index contributed by atoms with van der Waals surface area (Å²) in [6.45, 7) is 16.3. The van der Waals surface area contributed by atoms with E-state index in [2.05, 4.69) is 31.7 Å². The van der Waals surface area contributed by atoms with E-state index in [1.165, 1.54) is 17.7 Å². The molecule has 1 aliphatic rings. The number of H-pyrrole nitrogens is 1. The average Bonchev–Trinajstić information content (AvgIpc) is 3.67. The van der Waals surface area contributed by atoms with E-state index in [-0.39, 0.29) is 50.4 Å². The van der Waals surface area contributed by atoms with Crippen LogP contribution in [0.25, 0.3) is 4.85 Å². The molecule has 0 radical (unpaired) electrons. The van der Waals surface area contributed by atoms with Gasteiger partial charge in [-0.3, -0.25) is 23.9 Å². The number of rotatable bonds is 20. The summed E-state index contributed by atoms with van der Waals surface area (Å²) < 4.78 is 46.3. The van der Waals surface area contributed by atoms with Crippen LogP contribution in [0.3, 0.4) is 0 Å². The summed E-state index contributed by atoms with van der Waals surface area (Å²) >= 11 is 0. The van der Waals surface area contributed by atoms with E-state index >= 15 is 0 Å². The van der Waals surface area contributed by atoms with E-state index in [0.717, 1.165) is 16.7 Å². The first-order valence-corrected chi connectivity index (χ1v) is 21.5. The van der Waals surface area contributed by atoms with E-state index in [0.29, 0.717) is 11.5 Å². The number of methoxy groups -OCH3 is 2. The van der Waals surface area contributed by atoms with Crippen LogP contribution in [0, 0.1) is 18.4 Å². The van der Waals surface area contributed by atoms with Crippen LogP contribution in [0.1, 0.15) is 69.5 Å². The number of esters is 1. The number of carbonyl (C=O) groups excluding carboxylic acids is 2. The number of aromatic nitrogens is 2. The molecule has 2 heterocycles. The topological polar surface area (TPSA) is 173 Å². The van der Waals surface area contributed by atoms with Crippen molar-refractivity contribution in [3.63, 3.8) is 0 Å². The van der Waals surface area contributed by atoms with Crippen LogP contribution in [0.4, 0.5) is 0 Å². The lowest BCUT2D eigenvalue weighted by Gasteiger charge is -2.39. The molecule has 0 bridgehead atoms. The zero-order valence-corrected chi connectivity index (χ0v) is 37.4. The van der Waals surface area contributed by atoms with Gasteiger partial charge in [-0.2, -0.15) is 0 Å². The second kappa shape index (κ2) is 23.0. The van der Waals surface area contributed by atoms with Gasteiger partial charge in [0.15, 0.2) is 6.61 Å². The first-order valence-electron chi connectivity index (χ1n) is 20.4. The Morgan fingerprint density at radius 1 is 0.968 bits per heavy atom. The van der Waals surface area contributed by atoms with Crippen molar-refractivity contribution in [3.8, 4) is 23.3 Å². The lowest BCUT2D eigenvalue weighted by atomic mass is 9.80. The Morgan fingerprint density at radius 2 is 1.57 bits per heavy atom. The van der Waals surface area contributed by atoms with Gasteiger partial charge in [-0.25, -0.2) is 16.0 Å². The third-order valence-corrected chi connectivity index (χ3v) is 12.1. The van der Waals surface area contributed by atoms with Gasteiger partial charge in [-0.1, -0.05) is 66.4 Å². The van der Waals surface area contributed by atoms with Gasteiger partial charge in [0.2, 0.25) is 6.54 Å². The van der Waals surface area contributed by atoms with Crippen LogP contribution in [-0.2, 0) is 38.4 Å². The van der Waals surface area contributed by atoms with Crippen molar-refractivity contribution < 1.29 is 42.3 Å². The Balaban J connectivity index is 1.57. The molecule has 16 nitrogen and oxygen atoms in total. The van der Waals surface area contributed by atoms with E-state index < -0.39 is 62.3 Å². The molecule has 3 aromatic carbocycles. The molecule has 4 atom stereocenters. The van der Waals surface area contributed by atoms with Crippen LogP contribution in [-0.4, -0.2) is 97.5 Å². The predicted octanol–water partition coefficient (Wildman–Crippen LogP) is 5.55. The molecule has 1 aromatic heterocycles. The maximum Gasteiger partial charge on any atom is 0.330 e. The van der Waals surface area contributed by atoms with Gasteiger partial charge in [0.05, 0.1) is 33.5 Å². The third-order valence-electron chi connectivity index (χ3n) is 9.98. The maximum absolute atomic E-state index is 13.5. The van der Waals surface area contributed by atoms with Crippen molar-refractivity contribution in [2.24, 2.45) is 0 Å². The van der Waals surface area contributed by atoms with Crippen LogP contribution in [0.15, 0.2) is 94.6 Å². The molecule has 0 saturated carbocycles. The first-order chi connectivity index (χ1) is 30.3. The zero-order chi connectivity index (χ0) is 45.5. The molecule has 1 fully saturated rings. The number of amides is 1. The fourth-order valence-electron chi connectivity index (χ4n) is 7.11. The largest absolute Gasteiger partial charge is 0.497 e. The van der Waals surface area contributed by atoms with Gasteiger partial charge >= 0.3 is 11.7 Å². The number of hydrogen-bond donors (Lipinski definition) is 2. The van der Waals surface area contributed by atoms with Crippen molar-refractivity contribution >= 4 is 20.4 Å². The molecule has 1 aliphatic heterocycles. The van der Waals surface area contributed by atoms with E-state index in [4.69, 9.17) is 39.3 Å². The highest BCUT2D eigenvalue weighted by Crippen LogP contribution is 2.50. The highest BCUT2D eigenvalue weighted by Gasteiger charge is 2.45. The number of hydrogen-bond acceptors (Lipinski definition) is 12. The van der Waals surface area contributed by atoms with Gasteiger partial charge in [0.25, 0.3) is 20.0 Å². The predicted molar refractivity (Wildman–Crippen MR) is 236 cm³/mol. The Bertz CT molecular complexity index is 2300. The van der Waals surface area contributed by atoms with Crippen molar-refractivity contribution in [1.82, 2.24) is 19.5 Å². The number of nitrogens with one attached hydrogen (secondary N) is 2. The van der Waals surface area contributed by atoms with Gasteiger partial charge in [-0.15, -0.1) is 0 Å². The summed E-state index contributed by atoms with van der Waals surface area (Å²) in [5.74, 6) is 5.56. The summed E-state index contributed by atoms with van der Waals surface area (Å²) in [6.07, 6.45) is -1.05. The molecule has 1 unspecified atom stereocenters. The Morgan fingerprint density at radius 3 is 2.13 bits per heavy atom. The standard InChI is InChI=1S/C46H54N5O11P/c1-31(2)51(32(3)4)63(60-26-25-47-6)62-40-27-43(50-28-34(44(54)49-45(50)55)13-12-24-48-42(53)30-58-33(5)52)61-41(40)29-59-46(35-14-10-9-11-15-35,36-16-20-38(56-7)21-17-36)37-18-22-39(57-8)23-19-37/h9-11,14-23,28,31-32,40-41,43H,24-27,29-30H2,1-5,7-8H3,(H,48,53)(H,49,54,55)/t40-,41-,43-,63?/m1/s1. The number of aromatic amines is 1. The van der Waals surface area contributed by atoms with Crippen molar-refractivity contribution in [1.29, 1.82) is 0 Å². The summed E-state index contributed by atoms with van der Waals surface area (Å²) in [5, 5.41) is 2.49. The summed E-state index contributed by atoms with van der Waals surface area (Å²) in [6, 6.07) is 25.1. The van der Waals surface area contributed by atoms with Crippen LogP contribution < -0.4 is 26.0 Å². The smallest absolute Gasteiger partial charge is 0.330 e. The molecule has 1 saturated heterocycles. The molecular formula is C46H54N5O11P. The number of nitrogens with zero attached hydrogens (tertiary/aromatic N) is 3. The number of benzene rings is 3. The summed E-state index contributed by atoms with van der Waals surface area (Å²) in [5.41, 5.74) is -0.311. The van der Waals surface area contributed by atoms with Gasteiger partial charge < -0.3 is 42.9 Å². The van der Waals surface area contributed by atoms with Crippen LogP contribution in [0.2, 0.25) is 0 Å². The maximum atomic E-state index is 13.5. The van der Waals surface area contributed by atoms with Gasteiger partial charge in [0, 0.05) is 31.6 Å². The SMILES string of the molecule is [C-]#[N+]CCOP(O[C@@H]1C[C@H](n2cc(C#CCNC(=O)COC(C)=O)c(=O)[nH]c2=O)O[C@@H]1COC(c1ccccc1)(c1ccc(OC)cc1)c1ccc(OC)cc1)N(C(C)C)C(C)C. The minimum absolute atomic E-state index is 0.00198. The summed E-state index contributed by atoms with van der Waals surface area (Å²) in [4.78, 5) is 55.3. The molecule has 1 amide bonds. The van der Waals surface area contributed by atoms with E-state index in [1.807, 2.05) is 107 Å². The minimum Gasteiger partial charge on any atom is -0.497 e. The van der Waals surface area contributed by atoms with Crippen molar-refractivity contribution in [3.05, 3.63) is 140 Å². The number of carbonyl (C=O) groups is 2. The Hall–Kier alpha value is -5.84. The Kier molecular flexibility index (Phi) is 17.6. The highest BCUT2D eigenvalue weighted by molar-refractivity contribution is 7.44. The van der Waals surface area contributed by atoms with E-state index in [9.17, 15) is 19.2 Å². The van der Waals surface area contributed by atoms with Crippen LogP contribution >= 0.6 is 8.53 Å². The van der Waals surface area contributed by atoms with Crippen LogP contribution in [0.5, 0.6) is 11.5 Å². The zero-order valence-electron chi connectivity index (χ0n) is 36.5. The third kappa shape index (κ3) is 12.4. The molecular weight excluding hydrogens is 830 g/mol. The molecule has 0 spiro atoms. The average molecular weight is 884 g/mol. The van der Waals surface area contributed by atoms with Gasteiger partial charge in [-0.05, 0) is 68.7 Å². The molecule has 17 heteroatoms. The second-order valence-corrected chi connectivity index (χ2v) is 16.3. The quantitative estimate of drug-likeness (QED) is 0.0284. The highest BCUT2D eigenvalue weighted by atomic mass is 31.2.